The van der Waals surface area contributed by atoms with Crippen molar-refractivity contribution in [2.24, 2.45) is 5.92 Å². The first-order chi connectivity index (χ1) is 9.58. The van der Waals surface area contributed by atoms with Crippen LogP contribution in [0, 0.1) is 5.92 Å². The van der Waals surface area contributed by atoms with E-state index in [2.05, 4.69) is 5.32 Å². The van der Waals surface area contributed by atoms with E-state index < -0.39 is 18.1 Å². The van der Waals surface area contributed by atoms with Crippen molar-refractivity contribution in [3.63, 3.8) is 0 Å². The molecule has 6 nitrogen and oxygen atoms in total. The Morgan fingerprint density at radius 3 is 2.60 bits per heavy atom. The first-order valence-electron chi connectivity index (χ1n) is 7.42. The van der Waals surface area contributed by atoms with E-state index in [0.29, 0.717) is 25.2 Å². The third-order valence-electron chi connectivity index (χ3n) is 4.92. The number of nitrogens with one attached hydrogen (secondary N) is 1. The van der Waals surface area contributed by atoms with Gasteiger partial charge < -0.3 is 15.3 Å². The minimum Gasteiger partial charge on any atom is -0.480 e. The molecule has 110 valence electrons. The molecular formula is C14H20N2O4. The molecule has 2 aliphatic heterocycles. The minimum atomic E-state index is -0.919. The van der Waals surface area contributed by atoms with Gasteiger partial charge >= 0.3 is 5.97 Å². The first kappa shape index (κ1) is 13.4. The minimum absolute atomic E-state index is 0.0508. The molecule has 2 amide bonds. The van der Waals surface area contributed by atoms with Crippen LogP contribution in [0.1, 0.15) is 44.9 Å². The molecule has 4 atom stereocenters. The molecule has 1 aliphatic carbocycles. The maximum atomic E-state index is 12.6. The van der Waals surface area contributed by atoms with Gasteiger partial charge in [0.2, 0.25) is 11.8 Å². The van der Waals surface area contributed by atoms with Gasteiger partial charge in [0.05, 0.1) is 0 Å². The van der Waals surface area contributed by atoms with Crippen molar-refractivity contribution in [1.82, 2.24) is 10.2 Å². The van der Waals surface area contributed by atoms with Gasteiger partial charge in [0, 0.05) is 12.5 Å². The normalized spacial score (nSPS) is 36.6. The third kappa shape index (κ3) is 2.17. The van der Waals surface area contributed by atoms with Crippen LogP contribution in [-0.4, -0.2) is 45.9 Å². The van der Waals surface area contributed by atoms with Crippen LogP contribution in [0.2, 0.25) is 0 Å². The highest BCUT2D eigenvalue weighted by Gasteiger charge is 2.49. The zero-order chi connectivity index (χ0) is 14.3. The second-order valence-electron chi connectivity index (χ2n) is 6.11. The van der Waals surface area contributed by atoms with E-state index in [-0.39, 0.29) is 17.9 Å². The van der Waals surface area contributed by atoms with Gasteiger partial charge in [-0.2, -0.15) is 0 Å². The Balaban J connectivity index is 1.81. The summed E-state index contributed by atoms with van der Waals surface area (Å²) < 4.78 is 0. The average molecular weight is 280 g/mol. The Hall–Kier alpha value is -1.59. The Kier molecular flexibility index (Phi) is 3.40. The summed E-state index contributed by atoms with van der Waals surface area (Å²) in [5.41, 5.74) is 0. The maximum absolute atomic E-state index is 12.6. The number of carboxylic acid groups (broad SMARTS) is 1. The molecule has 3 aliphatic rings. The number of aliphatic carboxylic acids is 1. The average Bonchev–Trinajstić information content (AvgIpc) is 3.01. The fourth-order valence-electron chi connectivity index (χ4n) is 3.98. The highest BCUT2D eigenvalue weighted by Crippen LogP contribution is 2.40. The number of hydrogen-bond donors (Lipinski definition) is 2. The molecule has 0 aromatic rings. The van der Waals surface area contributed by atoms with E-state index in [1.165, 1.54) is 0 Å². The quantitative estimate of drug-likeness (QED) is 0.771. The molecule has 20 heavy (non-hydrogen) atoms. The first-order valence-corrected chi connectivity index (χ1v) is 7.42. The van der Waals surface area contributed by atoms with Crippen molar-refractivity contribution in [2.45, 2.75) is 63.1 Å². The number of hydrogen-bond acceptors (Lipinski definition) is 3. The van der Waals surface area contributed by atoms with Crippen LogP contribution in [0.15, 0.2) is 0 Å². The molecule has 0 aromatic heterocycles. The maximum Gasteiger partial charge on any atom is 0.326 e. The standard InChI is InChI=1S/C14H20N2O4/c17-12-6-5-9(15-12)13(18)16-10-4-2-1-3-8(10)7-11(16)14(19)20/h8-11H,1-7H2,(H,15,17)(H,19,20)/t8?,9-,10?,11?/m1/s1. The van der Waals surface area contributed by atoms with E-state index in [1.54, 1.807) is 4.90 Å². The van der Waals surface area contributed by atoms with Crippen LogP contribution < -0.4 is 5.32 Å². The summed E-state index contributed by atoms with van der Waals surface area (Å²) >= 11 is 0. The Morgan fingerprint density at radius 1 is 1.20 bits per heavy atom. The molecule has 3 fully saturated rings. The lowest BCUT2D eigenvalue weighted by molar-refractivity contribution is -0.150. The molecule has 3 rings (SSSR count). The predicted molar refractivity (Wildman–Crippen MR) is 69.8 cm³/mol. The fourth-order valence-corrected chi connectivity index (χ4v) is 3.98. The summed E-state index contributed by atoms with van der Waals surface area (Å²) in [7, 11) is 0. The van der Waals surface area contributed by atoms with E-state index in [0.717, 1.165) is 25.7 Å². The third-order valence-corrected chi connectivity index (χ3v) is 4.92. The molecule has 2 N–H and O–H groups in total. The number of carbonyl (C=O) groups is 3. The lowest BCUT2D eigenvalue weighted by Crippen LogP contribution is -2.52. The molecule has 0 aromatic carbocycles. The smallest absolute Gasteiger partial charge is 0.326 e. The van der Waals surface area contributed by atoms with E-state index in [1.807, 2.05) is 0 Å². The Labute approximate surface area is 117 Å². The molecule has 6 heteroatoms. The molecule has 3 unspecified atom stereocenters. The molecular weight excluding hydrogens is 260 g/mol. The topological polar surface area (TPSA) is 86.7 Å². The van der Waals surface area contributed by atoms with Gasteiger partial charge in [-0.25, -0.2) is 4.79 Å². The van der Waals surface area contributed by atoms with Gasteiger partial charge in [0.15, 0.2) is 0 Å². The van der Waals surface area contributed by atoms with Crippen molar-refractivity contribution < 1.29 is 19.5 Å². The van der Waals surface area contributed by atoms with Gasteiger partial charge in [0.25, 0.3) is 0 Å². The van der Waals surface area contributed by atoms with Gasteiger partial charge in [-0.3, -0.25) is 9.59 Å². The molecule has 0 radical (unpaired) electrons. The van der Waals surface area contributed by atoms with Crippen LogP contribution in [0.3, 0.4) is 0 Å². The number of fused-ring (bicyclic) bond motifs is 1. The summed E-state index contributed by atoms with van der Waals surface area (Å²) in [6.45, 7) is 0. The number of nitrogens with zero attached hydrogens (tertiary/aromatic N) is 1. The molecule has 0 spiro atoms. The summed E-state index contributed by atoms with van der Waals surface area (Å²) in [5.74, 6) is -0.921. The SMILES string of the molecule is O=C1CC[C@H](C(=O)N2C(C(=O)O)CC3CCCCC32)N1. The monoisotopic (exact) mass is 280 g/mol. The van der Waals surface area contributed by atoms with E-state index >= 15 is 0 Å². The van der Waals surface area contributed by atoms with Gasteiger partial charge in [0.1, 0.15) is 12.1 Å². The lowest BCUT2D eigenvalue weighted by atomic mass is 9.84. The Bertz CT molecular complexity index is 450. The van der Waals surface area contributed by atoms with Gasteiger partial charge in [-0.1, -0.05) is 12.8 Å². The van der Waals surface area contributed by atoms with Crippen LogP contribution >= 0.6 is 0 Å². The molecule has 0 bridgehead atoms. The summed E-state index contributed by atoms with van der Waals surface area (Å²) in [5, 5.41) is 12.1. The Morgan fingerprint density at radius 2 is 1.95 bits per heavy atom. The summed E-state index contributed by atoms with van der Waals surface area (Å²) in [6.07, 6.45) is 5.47. The molecule has 2 saturated heterocycles. The number of carboxylic acids is 1. The van der Waals surface area contributed by atoms with Gasteiger partial charge in [-0.15, -0.1) is 0 Å². The van der Waals surface area contributed by atoms with Gasteiger partial charge in [-0.05, 0) is 31.6 Å². The van der Waals surface area contributed by atoms with Crippen molar-refractivity contribution in [3.8, 4) is 0 Å². The number of amides is 2. The number of rotatable bonds is 2. The number of likely N-dealkylation sites (tertiary alicyclic amines) is 1. The van der Waals surface area contributed by atoms with Crippen molar-refractivity contribution in [3.05, 3.63) is 0 Å². The zero-order valence-electron chi connectivity index (χ0n) is 11.4. The molecule has 2 heterocycles. The summed E-state index contributed by atoms with van der Waals surface area (Å²) in [6, 6.07) is -1.19. The lowest BCUT2D eigenvalue weighted by Gasteiger charge is -2.34. The van der Waals surface area contributed by atoms with E-state index in [9.17, 15) is 19.5 Å². The predicted octanol–water partition coefficient (Wildman–Crippen LogP) is 0.509. The fraction of sp³-hybridized carbons (Fsp3) is 0.786. The highest BCUT2D eigenvalue weighted by atomic mass is 16.4. The van der Waals surface area contributed by atoms with Crippen molar-refractivity contribution in [2.75, 3.05) is 0 Å². The van der Waals surface area contributed by atoms with Crippen LogP contribution in [-0.2, 0) is 14.4 Å². The second-order valence-corrected chi connectivity index (χ2v) is 6.11. The van der Waals surface area contributed by atoms with E-state index in [4.69, 9.17) is 0 Å². The summed E-state index contributed by atoms with van der Waals surface area (Å²) in [4.78, 5) is 36.9. The van der Waals surface area contributed by atoms with Crippen molar-refractivity contribution in [1.29, 1.82) is 0 Å². The van der Waals surface area contributed by atoms with Crippen LogP contribution in [0.25, 0.3) is 0 Å². The van der Waals surface area contributed by atoms with Crippen LogP contribution in [0.5, 0.6) is 0 Å². The zero-order valence-corrected chi connectivity index (χ0v) is 11.4. The number of carbonyl (C=O) groups excluding carboxylic acids is 2. The molecule has 1 saturated carbocycles. The van der Waals surface area contributed by atoms with Crippen LogP contribution in [0.4, 0.5) is 0 Å². The van der Waals surface area contributed by atoms with Crippen molar-refractivity contribution >= 4 is 17.8 Å². The highest BCUT2D eigenvalue weighted by molar-refractivity contribution is 5.93. The largest absolute Gasteiger partial charge is 0.480 e. The second kappa shape index (κ2) is 5.07.